The second-order valence-corrected chi connectivity index (χ2v) is 8.14. The van der Waals surface area contributed by atoms with Gasteiger partial charge in [-0.3, -0.25) is 0 Å². The summed E-state index contributed by atoms with van der Waals surface area (Å²) in [5.74, 6) is 0. The van der Waals surface area contributed by atoms with E-state index in [9.17, 15) is 10.1 Å². The van der Waals surface area contributed by atoms with Gasteiger partial charge >= 0.3 is 153 Å². The molecule has 0 saturated carbocycles. The monoisotopic (exact) mass is 410 g/mol. The molecule has 6 heteroatoms. The molecule has 2 unspecified atom stereocenters. The molecular weight excluding hydrogens is 391 g/mol. The standard InChI is InChI=1S/C18H19ClN2O2Se/c1-3-13(2)20-18(19)17(14-9-5-4-6-10-14)24-16-12-8-7-11-15(16)21(22)23/h4-13,17H,3H2,1-2H3. The zero-order valence-corrected chi connectivity index (χ0v) is 16.0. The summed E-state index contributed by atoms with van der Waals surface area (Å²) in [5, 5.41) is 11.8. The number of nitro groups is 1. The summed E-state index contributed by atoms with van der Waals surface area (Å²) in [6.45, 7) is 4.07. The molecule has 0 aliphatic heterocycles. The fourth-order valence-corrected chi connectivity index (χ4v) is 4.97. The van der Waals surface area contributed by atoms with Crippen LogP contribution in [0.1, 0.15) is 30.6 Å². The fraction of sp³-hybridized carbons (Fsp3) is 0.278. The number of halogens is 1. The Bertz CT molecular complexity index is 722. The van der Waals surface area contributed by atoms with Crippen LogP contribution in [0.5, 0.6) is 0 Å². The number of nitro benzene ring substituents is 1. The molecule has 126 valence electrons. The van der Waals surface area contributed by atoms with E-state index in [2.05, 4.69) is 11.9 Å². The summed E-state index contributed by atoms with van der Waals surface area (Å²) in [6, 6.07) is 16.8. The Morgan fingerprint density at radius 3 is 2.46 bits per heavy atom. The molecule has 0 spiro atoms. The van der Waals surface area contributed by atoms with Crippen molar-refractivity contribution in [1.29, 1.82) is 0 Å². The van der Waals surface area contributed by atoms with Gasteiger partial charge in [0.15, 0.2) is 0 Å². The fourth-order valence-electron chi connectivity index (χ4n) is 2.09. The van der Waals surface area contributed by atoms with Gasteiger partial charge in [-0.2, -0.15) is 0 Å². The maximum atomic E-state index is 11.3. The van der Waals surface area contributed by atoms with Crippen molar-refractivity contribution in [2.75, 3.05) is 0 Å². The zero-order valence-electron chi connectivity index (χ0n) is 13.6. The molecule has 2 aromatic rings. The average Bonchev–Trinajstić information content (AvgIpc) is 2.60. The predicted octanol–water partition coefficient (Wildman–Crippen LogP) is 4.10. The first-order valence-corrected chi connectivity index (χ1v) is 9.93. The van der Waals surface area contributed by atoms with E-state index in [1.54, 1.807) is 12.1 Å². The van der Waals surface area contributed by atoms with Crippen LogP contribution in [-0.2, 0) is 0 Å². The molecular formula is C18H19ClN2O2Se. The second-order valence-electron chi connectivity index (χ2n) is 5.34. The van der Waals surface area contributed by atoms with Gasteiger partial charge in [-0.15, -0.1) is 0 Å². The van der Waals surface area contributed by atoms with Gasteiger partial charge < -0.3 is 0 Å². The SMILES string of the molecule is CCC(C)N=C(Cl)C([Se]c1ccccc1[N+](=O)[O-])c1ccccc1. The minimum atomic E-state index is -0.334. The van der Waals surface area contributed by atoms with Gasteiger partial charge in [0, 0.05) is 0 Å². The van der Waals surface area contributed by atoms with Gasteiger partial charge in [-0.05, 0) is 0 Å². The Kier molecular flexibility index (Phi) is 6.98. The summed E-state index contributed by atoms with van der Waals surface area (Å²) < 4.78 is 0.723. The van der Waals surface area contributed by atoms with Crippen LogP contribution < -0.4 is 4.46 Å². The molecule has 0 aliphatic rings. The summed E-state index contributed by atoms with van der Waals surface area (Å²) in [6.07, 6.45) is 0.899. The molecule has 0 aliphatic carbocycles. The van der Waals surface area contributed by atoms with E-state index in [-0.39, 0.29) is 36.4 Å². The maximum absolute atomic E-state index is 11.3. The van der Waals surface area contributed by atoms with Gasteiger partial charge in [0.1, 0.15) is 0 Å². The van der Waals surface area contributed by atoms with E-state index >= 15 is 0 Å². The normalized spacial score (nSPS) is 14.2. The van der Waals surface area contributed by atoms with Crippen LogP contribution in [0.3, 0.4) is 0 Å². The molecule has 0 amide bonds. The van der Waals surface area contributed by atoms with Crippen molar-refractivity contribution < 1.29 is 4.92 Å². The number of hydrogen-bond donors (Lipinski definition) is 0. The van der Waals surface area contributed by atoms with E-state index < -0.39 is 0 Å². The van der Waals surface area contributed by atoms with Crippen LogP contribution in [0.25, 0.3) is 0 Å². The van der Waals surface area contributed by atoms with Gasteiger partial charge in [-0.1, -0.05) is 0 Å². The topological polar surface area (TPSA) is 55.5 Å². The van der Waals surface area contributed by atoms with Crippen molar-refractivity contribution >= 4 is 41.9 Å². The van der Waals surface area contributed by atoms with Crippen molar-refractivity contribution in [3.05, 3.63) is 70.3 Å². The van der Waals surface area contributed by atoms with E-state index in [4.69, 9.17) is 11.6 Å². The third-order valence-corrected chi connectivity index (χ3v) is 6.96. The Hall–Kier alpha value is -1.68. The zero-order chi connectivity index (χ0) is 17.5. The predicted molar refractivity (Wildman–Crippen MR) is 101 cm³/mol. The van der Waals surface area contributed by atoms with Crippen LogP contribution in [-0.4, -0.2) is 31.1 Å². The summed E-state index contributed by atoms with van der Waals surface area (Å²) >= 11 is 6.30. The molecule has 0 N–H and O–H groups in total. The molecule has 2 rings (SSSR count). The molecule has 4 nitrogen and oxygen atoms in total. The van der Waals surface area contributed by atoms with Crippen LogP contribution in [0.15, 0.2) is 59.6 Å². The van der Waals surface area contributed by atoms with E-state index in [1.165, 1.54) is 0 Å². The third-order valence-electron chi connectivity index (χ3n) is 3.56. The van der Waals surface area contributed by atoms with Crippen molar-refractivity contribution in [2.24, 2.45) is 4.99 Å². The molecule has 0 aromatic heterocycles. The number of hydrogen-bond acceptors (Lipinski definition) is 3. The number of benzene rings is 2. The van der Waals surface area contributed by atoms with E-state index in [0.29, 0.717) is 5.17 Å². The first-order valence-electron chi connectivity index (χ1n) is 7.71. The third kappa shape index (κ3) is 4.91. The van der Waals surface area contributed by atoms with Crippen LogP contribution in [0.4, 0.5) is 5.69 Å². The van der Waals surface area contributed by atoms with Crippen LogP contribution in [0.2, 0.25) is 0 Å². The van der Waals surface area contributed by atoms with Gasteiger partial charge in [0.25, 0.3) is 0 Å². The summed E-state index contributed by atoms with van der Waals surface area (Å²) in [4.78, 5) is 15.4. The Labute approximate surface area is 153 Å². The molecule has 2 aromatic carbocycles. The number of aliphatic imine (C=N–C) groups is 1. The number of para-hydroxylation sites is 1. The van der Waals surface area contributed by atoms with Crippen molar-refractivity contribution in [3.63, 3.8) is 0 Å². The minimum absolute atomic E-state index is 0.129. The molecule has 0 heterocycles. The Morgan fingerprint density at radius 2 is 1.83 bits per heavy atom. The Morgan fingerprint density at radius 1 is 1.21 bits per heavy atom. The number of nitrogens with zero attached hydrogens (tertiary/aromatic N) is 2. The summed E-state index contributed by atoms with van der Waals surface area (Å²) in [7, 11) is 0. The van der Waals surface area contributed by atoms with Crippen LogP contribution in [0, 0.1) is 10.1 Å². The van der Waals surface area contributed by atoms with Crippen molar-refractivity contribution in [2.45, 2.75) is 31.1 Å². The number of rotatable bonds is 7. The van der Waals surface area contributed by atoms with E-state index in [0.717, 1.165) is 16.4 Å². The van der Waals surface area contributed by atoms with Crippen molar-refractivity contribution in [3.8, 4) is 0 Å². The molecule has 2 atom stereocenters. The average molecular weight is 410 g/mol. The first-order chi connectivity index (χ1) is 11.5. The van der Waals surface area contributed by atoms with Gasteiger partial charge in [0.2, 0.25) is 0 Å². The van der Waals surface area contributed by atoms with Crippen molar-refractivity contribution in [1.82, 2.24) is 0 Å². The first kappa shape index (κ1) is 18.7. The van der Waals surface area contributed by atoms with E-state index in [1.807, 2.05) is 49.4 Å². The van der Waals surface area contributed by atoms with Gasteiger partial charge in [0.05, 0.1) is 0 Å². The molecule has 0 radical (unpaired) electrons. The molecule has 0 saturated heterocycles. The second kappa shape index (κ2) is 8.97. The Balaban J connectivity index is 2.41. The van der Waals surface area contributed by atoms with Gasteiger partial charge in [-0.25, -0.2) is 0 Å². The molecule has 0 fully saturated rings. The molecule has 24 heavy (non-hydrogen) atoms. The molecule has 0 bridgehead atoms. The summed E-state index contributed by atoms with van der Waals surface area (Å²) in [5.41, 5.74) is 1.18. The quantitative estimate of drug-likeness (QED) is 0.299. The van der Waals surface area contributed by atoms with Crippen LogP contribution >= 0.6 is 11.6 Å².